The SMILES string of the molecule is Cc1cccc(NC(C(N)=O)c2ccc(C)c(Br)c2)c1. The molecule has 0 saturated carbocycles. The summed E-state index contributed by atoms with van der Waals surface area (Å²) >= 11 is 3.48. The van der Waals surface area contributed by atoms with E-state index in [1.165, 1.54) is 0 Å². The van der Waals surface area contributed by atoms with E-state index in [2.05, 4.69) is 21.2 Å². The molecule has 3 N–H and O–H groups in total. The third-order valence-corrected chi connectivity index (χ3v) is 4.00. The number of amides is 1. The van der Waals surface area contributed by atoms with E-state index >= 15 is 0 Å². The molecule has 0 aliphatic heterocycles. The quantitative estimate of drug-likeness (QED) is 0.896. The highest BCUT2D eigenvalue weighted by atomic mass is 79.9. The van der Waals surface area contributed by atoms with Crippen LogP contribution in [-0.4, -0.2) is 5.91 Å². The van der Waals surface area contributed by atoms with Gasteiger partial charge in [0.1, 0.15) is 6.04 Å². The molecule has 20 heavy (non-hydrogen) atoms. The summed E-state index contributed by atoms with van der Waals surface area (Å²) < 4.78 is 0.965. The van der Waals surface area contributed by atoms with Crippen molar-refractivity contribution in [1.29, 1.82) is 0 Å². The largest absolute Gasteiger partial charge is 0.370 e. The molecule has 3 nitrogen and oxygen atoms in total. The molecule has 4 heteroatoms. The van der Waals surface area contributed by atoms with Crippen LogP contribution in [0.4, 0.5) is 5.69 Å². The van der Waals surface area contributed by atoms with Gasteiger partial charge in [-0.25, -0.2) is 0 Å². The van der Waals surface area contributed by atoms with Crippen molar-refractivity contribution in [2.24, 2.45) is 5.73 Å². The second-order valence-electron chi connectivity index (χ2n) is 4.86. The maximum Gasteiger partial charge on any atom is 0.244 e. The number of carbonyl (C=O) groups excluding carboxylic acids is 1. The van der Waals surface area contributed by atoms with Crippen molar-refractivity contribution < 1.29 is 4.79 Å². The lowest BCUT2D eigenvalue weighted by Crippen LogP contribution is -2.27. The van der Waals surface area contributed by atoms with Gasteiger partial charge in [-0.05, 0) is 48.7 Å². The van der Waals surface area contributed by atoms with Crippen molar-refractivity contribution in [3.8, 4) is 0 Å². The third kappa shape index (κ3) is 3.39. The van der Waals surface area contributed by atoms with Gasteiger partial charge in [0, 0.05) is 10.2 Å². The van der Waals surface area contributed by atoms with Crippen molar-refractivity contribution in [2.75, 3.05) is 5.32 Å². The molecule has 0 heterocycles. The van der Waals surface area contributed by atoms with Gasteiger partial charge in [-0.3, -0.25) is 4.79 Å². The predicted molar refractivity (Wildman–Crippen MR) is 85.6 cm³/mol. The Labute approximate surface area is 127 Å². The highest BCUT2D eigenvalue weighted by molar-refractivity contribution is 9.10. The normalized spacial score (nSPS) is 11.9. The van der Waals surface area contributed by atoms with E-state index in [1.807, 2.05) is 56.3 Å². The third-order valence-electron chi connectivity index (χ3n) is 3.14. The summed E-state index contributed by atoms with van der Waals surface area (Å²) in [6.07, 6.45) is 0. The lowest BCUT2D eigenvalue weighted by atomic mass is 10.0. The van der Waals surface area contributed by atoms with E-state index in [1.54, 1.807) is 0 Å². The van der Waals surface area contributed by atoms with E-state index in [-0.39, 0.29) is 0 Å². The average Bonchev–Trinajstić information content (AvgIpc) is 2.39. The number of hydrogen-bond acceptors (Lipinski definition) is 2. The smallest absolute Gasteiger partial charge is 0.244 e. The Kier molecular flexibility index (Phi) is 4.45. The molecule has 0 spiro atoms. The highest BCUT2D eigenvalue weighted by Crippen LogP contribution is 2.25. The van der Waals surface area contributed by atoms with Gasteiger partial charge in [-0.1, -0.05) is 40.2 Å². The van der Waals surface area contributed by atoms with Crippen LogP contribution >= 0.6 is 15.9 Å². The number of aryl methyl sites for hydroxylation is 2. The van der Waals surface area contributed by atoms with Gasteiger partial charge in [0.25, 0.3) is 0 Å². The van der Waals surface area contributed by atoms with Crippen LogP contribution in [0.3, 0.4) is 0 Å². The van der Waals surface area contributed by atoms with Crippen LogP contribution in [0.5, 0.6) is 0 Å². The second-order valence-corrected chi connectivity index (χ2v) is 5.71. The lowest BCUT2D eigenvalue weighted by molar-refractivity contribution is -0.118. The number of halogens is 1. The van der Waals surface area contributed by atoms with Crippen LogP contribution in [0, 0.1) is 13.8 Å². The summed E-state index contributed by atoms with van der Waals surface area (Å²) in [6.45, 7) is 4.01. The fourth-order valence-electron chi connectivity index (χ4n) is 2.01. The van der Waals surface area contributed by atoms with Crippen molar-refractivity contribution >= 4 is 27.5 Å². The highest BCUT2D eigenvalue weighted by Gasteiger charge is 2.18. The summed E-state index contributed by atoms with van der Waals surface area (Å²) in [7, 11) is 0. The molecular weight excluding hydrogens is 316 g/mol. The van der Waals surface area contributed by atoms with Crippen LogP contribution in [0.1, 0.15) is 22.7 Å². The first kappa shape index (κ1) is 14.6. The number of rotatable bonds is 4. The van der Waals surface area contributed by atoms with Crippen molar-refractivity contribution in [1.82, 2.24) is 0 Å². The minimum atomic E-state index is -0.548. The van der Waals surface area contributed by atoms with E-state index < -0.39 is 11.9 Å². The van der Waals surface area contributed by atoms with Crippen molar-refractivity contribution in [3.05, 3.63) is 63.6 Å². The second kappa shape index (κ2) is 6.09. The molecule has 0 radical (unpaired) electrons. The van der Waals surface area contributed by atoms with E-state index in [9.17, 15) is 4.79 Å². The molecule has 1 amide bonds. The molecule has 2 rings (SSSR count). The lowest BCUT2D eigenvalue weighted by Gasteiger charge is -2.18. The average molecular weight is 333 g/mol. The molecule has 0 aliphatic rings. The van der Waals surface area contributed by atoms with E-state index in [4.69, 9.17) is 5.73 Å². The monoisotopic (exact) mass is 332 g/mol. The van der Waals surface area contributed by atoms with Gasteiger partial charge in [0.2, 0.25) is 5.91 Å². The zero-order valence-electron chi connectivity index (χ0n) is 11.5. The fourth-order valence-corrected chi connectivity index (χ4v) is 2.41. The molecule has 2 aromatic rings. The fraction of sp³-hybridized carbons (Fsp3) is 0.188. The van der Waals surface area contributed by atoms with E-state index in [0.29, 0.717) is 0 Å². The van der Waals surface area contributed by atoms with Crippen LogP contribution in [0.25, 0.3) is 0 Å². The number of carbonyl (C=O) groups is 1. The summed E-state index contributed by atoms with van der Waals surface area (Å²) in [4.78, 5) is 11.7. The van der Waals surface area contributed by atoms with Crippen LogP contribution in [-0.2, 0) is 4.79 Å². The summed E-state index contributed by atoms with van der Waals surface area (Å²) in [5, 5.41) is 3.19. The van der Waals surface area contributed by atoms with Crippen LogP contribution < -0.4 is 11.1 Å². The molecular formula is C16H17BrN2O. The predicted octanol–water partition coefficient (Wildman–Crippen LogP) is 3.70. The molecule has 1 unspecified atom stereocenters. The molecule has 1 atom stereocenters. The molecule has 0 aliphatic carbocycles. The Morgan fingerprint density at radius 3 is 2.55 bits per heavy atom. The minimum Gasteiger partial charge on any atom is -0.370 e. The number of nitrogens with one attached hydrogen (secondary N) is 1. The molecule has 0 saturated heterocycles. The maximum absolute atomic E-state index is 11.7. The van der Waals surface area contributed by atoms with Gasteiger partial charge in [0.15, 0.2) is 0 Å². The van der Waals surface area contributed by atoms with Gasteiger partial charge >= 0.3 is 0 Å². The zero-order valence-corrected chi connectivity index (χ0v) is 13.1. The number of primary amides is 1. The Bertz CT molecular complexity index is 640. The number of hydrogen-bond donors (Lipinski definition) is 2. The van der Waals surface area contributed by atoms with Crippen LogP contribution in [0.2, 0.25) is 0 Å². The van der Waals surface area contributed by atoms with Crippen molar-refractivity contribution in [2.45, 2.75) is 19.9 Å². The summed E-state index contributed by atoms with van der Waals surface area (Å²) in [6, 6.07) is 13.1. The molecule has 0 bridgehead atoms. The molecule has 104 valence electrons. The van der Waals surface area contributed by atoms with Gasteiger partial charge in [0.05, 0.1) is 0 Å². The van der Waals surface area contributed by atoms with E-state index in [0.717, 1.165) is 26.9 Å². The molecule has 0 aromatic heterocycles. The minimum absolute atomic E-state index is 0.401. The Morgan fingerprint density at radius 1 is 1.20 bits per heavy atom. The maximum atomic E-state index is 11.7. The number of benzene rings is 2. The molecule has 2 aromatic carbocycles. The van der Waals surface area contributed by atoms with Crippen LogP contribution in [0.15, 0.2) is 46.9 Å². The Morgan fingerprint density at radius 2 is 1.95 bits per heavy atom. The summed E-state index contributed by atoms with van der Waals surface area (Å²) in [5.41, 5.74) is 9.50. The number of nitrogens with two attached hydrogens (primary N) is 1. The standard InChI is InChI=1S/C16H17BrN2O/c1-10-4-3-5-13(8-10)19-15(16(18)20)12-7-6-11(2)14(17)9-12/h3-9,15,19H,1-2H3,(H2,18,20). The first-order chi connectivity index (χ1) is 9.47. The Balaban J connectivity index is 2.32. The topological polar surface area (TPSA) is 55.1 Å². The van der Waals surface area contributed by atoms with Gasteiger partial charge < -0.3 is 11.1 Å². The van der Waals surface area contributed by atoms with Gasteiger partial charge in [-0.2, -0.15) is 0 Å². The summed E-state index contributed by atoms with van der Waals surface area (Å²) in [5.74, 6) is -0.401. The zero-order chi connectivity index (χ0) is 14.7. The molecule has 0 fully saturated rings. The first-order valence-electron chi connectivity index (χ1n) is 6.36. The first-order valence-corrected chi connectivity index (χ1v) is 7.15. The van der Waals surface area contributed by atoms with Gasteiger partial charge in [-0.15, -0.1) is 0 Å². The van der Waals surface area contributed by atoms with Crippen molar-refractivity contribution in [3.63, 3.8) is 0 Å². The Hall–Kier alpha value is -1.81. The number of anilines is 1.